The largest absolute Gasteiger partial charge is 0.490 e. The van der Waals surface area contributed by atoms with E-state index in [1.807, 2.05) is 44.2 Å². The molecular weight excluding hydrogens is 360 g/mol. The number of anilines is 1. The van der Waals surface area contributed by atoms with Gasteiger partial charge in [-0.3, -0.25) is 4.90 Å². The van der Waals surface area contributed by atoms with Crippen LogP contribution in [-0.4, -0.2) is 55.4 Å². The summed E-state index contributed by atoms with van der Waals surface area (Å²) < 4.78 is 5.89. The first-order valence-corrected chi connectivity index (χ1v) is 9.92. The van der Waals surface area contributed by atoms with Crippen molar-refractivity contribution in [3.05, 3.63) is 58.1 Å². The monoisotopic (exact) mass is 388 g/mol. The van der Waals surface area contributed by atoms with Crippen molar-refractivity contribution in [3.8, 4) is 5.75 Å². The van der Waals surface area contributed by atoms with Gasteiger partial charge in [0.05, 0.1) is 0 Å². The van der Waals surface area contributed by atoms with Gasteiger partial charge in [0.1, 0.15) is 18.5 Å². The molecule has 1 saturated heterocycles. The van der Waals surface area contributed by atoms with Crippen molar-refractivity contribution < 1.29 is 9.84 Å². The summed E-state index contributed by atoms with van der Waals surface area (Å²) >= 11 is 6.16. The molecule has 4 nitrogen and oxygen atoms in total. The normalized spacial score (nSPS) is 16.4. The predicted octanol–water partition coefficient (Wildman–Crippen LogP) is 3.83. The van der Waals surface area contributed by atoms with Gasteiger partial charge < -0.3 is 14.7 Å². The summed E-state index contributed by atoms with van der Waals surface area (Å²) in [6, 6.07) is 12.1. The number of halogens is 1. The molecule has 27 heavy (non-hydrogen) atoms. The minimum absolute atomic E-state index is 0.319. The van der Waals surface area contributed by atoms with Crippen LogP contribution in [0.3, 0.4) is 0 Å². The van der Waals surface area contributed by atoms with Gasteiger partial charge in [0.2, 0.25) is 0 Å². The Bertz CT molecular complexity index is 753. The van der Waals surface area contributed by atoms with E-state index in [1.54, 1.807) is 0 Å². The highest BCUT2D eigenvalue weighted by atomic mass is 35.5. The molecule has 0 spiro atoms. The van der Waals surface area contributed by atoms with Crippen LogP contribution < -0.4 is 9.64 Å². The van der Waals surface area contributed by atoms with Crippen molar-refractivity contribution in [2.24, 2.45) is 0 Å². The second-order valence-electron chi connectivity index (χ2n) is 7.40. The zero-order valence-corrected chi connectivity index (χ0v) is 17.2. The Morgan fingerprint density at radius 2 is 1.67 bits per heavy atom. The number of aliphatic hydroxyl groups excluding tert-OH is 1. The van der Waals surface area contributed by atoms with Gasteiger partial charge in [-0.2, -0.15) is 0 Å². The van der Waals surface area contributed by atoms with E-state index in [0.717, 1.165) is 48.1 Å². The van der Waals surface area contributed by atoms with E-state index in [1.165, 1.54) is 11.3 Å². The highest BCUT2D eigenvalue weighted by molar-refractivity contribution is 6.30. The van der Waals surface area contributed by atoms with E-state index in [4.69, 9.17) is 16.3 Å². The number of β-amino-alcohol motifs (C(OH)–C–C–N with tert-alkyl or cyclic N) is 1. The molecule has 0 aliphatic carbocycles. The molecule has 5 heteroatoms. The van der Waals surface area contributed by atoms with Crippen LogP contribution in [0, 0.1) is 20.8 Å². The maximum atomic E-state index is 10.4. The fraction of sp³-hybridized carbons (Fsp3) is 0.455. The molecular formula is C22H29ClN2O2. The molecule has 1 aliphatic heterocycles. The number of rotatable bonds is 6. The fourth-order valence-corrected chi connectivity index (χ4v) is 3.82. The van der Waals surface area contributed by atoms with Crippen LogP contribution in [0.15, 0.2) is 36.4 Å². The van der Waals surface area contributed by atoms with Crippen molar-refractivity contribution in [2.45, 2.75) is 26.9 Å². The predicted molar refractivity (Wildman–Crippen MR) is 112 cm³/mol. The molecule has 0 bridgehead atoms. The molecule has 0 amide bonds. The molecule has 0 aromatic heterocycles. The van der Waals surface area contributed by atoms with Gasteiger partial charge in [-0.15, -0.1) is 0 Å². The number of hydrogen-bond acceptors (Lipinski definition) is 4. The third-order valence-electron chi connectivity index (χ3n) is 5.18. The van der Waals surface area contributed by atoms with E-state index < -0.39 is 6.10 Å². The number of piperazine rings is 1. The number of aliphatic hydroxyl groups is 1. The highest BCUT2D eigenvalue weighted by Crippen LogP contribution is 2.25. The van der Waals surface area contributed by atoms with E-state index in [2.05, 4.69) is 22.8 Å². The van der Waals surface area contributed by atoms with E-state index in [-0.39, 0.29) is 0 Å². The quantitative estimate of drug-likeness (QED) is 0.815. The topological polar surface area (TPSA) is 35.9 Å². The lowest BCUT2D eigenvalue weighted by molar-refractivity contribution is 0.0658. The molecule has 0 unspecified atom stereocenters. The van der Waals surface area contributed by atoms with Crippen molar-refractivity contribution in [3.63, 3.8) is 0 Å². The van der Waals surface area contributed by atoms with Crippen molar-refractivity contribution >= 4 is 17.3 Å². The standard InChI is InChI=1S/C22H29ClN2O2/c1-16-7-8-19(23)13-21(16)25-11-9-24(10-12-25)14-20(26)15-27-22-17(2)5-4-6-18(22)3/h4-8,13,20,26H,9-12,14-15H2,1-3H3/t20-/m1/s1. The Balaban J connectivity index is 1.48. The minimum atomic E-state index is -0.497. The van der Waals surface area contributed by atoms with Crippen LogP contribution in [-0.2, 0) is 0 Å². The van der Waals surface area contributed by atoms with Gasteiger partial charge in [-0.25, -0.2) is 0 Å². The van der Waals surface area contributed by atoms with Crippen LogP contribution in [0.1, 0.15) is 16.7 Å². The number of hydrogen-bond donors (Lipinski definition) is 1. The summed E-state index contributed by atoms with van der Waals surface area (Å²) in [5.41, 5.74) is 4.66. The lowest BCUT2D eigenvalue weighted by atomic mass is 10.1. The van der Waals surface area contributed by atoms with Crippen molar-refractivity contribution in [2.75, 3.05) is 44.2 Å². The molecule has 2 aromatic carbocycles. The van der Waals surface area contributed by atoms with Gasteiger partial charge in [-0.05, 0) is 49.6 Å². The maximum absolute atomic E-state index is 10.4. The summed E-state index contributed by atoms with van der Waals surface area (Å²) in [4.78, 5) is 4.67. The molecule has 1 atom stereocenters. The fourth-order valence-electron chi connectivity index (χ4n) is 3.65. The number of aryl methyl sites for hydroxylation is 3. The number of benzene rings is 2. The Labute approximate surface area is 167 Å². The summed E-state index contributed by atoms with van der Waals surface area (Å²) in [7, 11) is 0. The van der Waals surface area contributed by atoms with Crippen LogP contribution in [0.2, 0.25) is 5.02 Å². The smallest absolute Gasteiger partial charge is 0.125 e. The van der Waals surface area contributed by atoms with Crippen LogP contribution in [0.5, 0.6) is 5.75 Å². The van der Waals surface area contributed by atoms with Gasteiger partial charge in [0.25, 0.3) is 0 Å². The molecule has 2 aromatic rings. The zero-order valence-electron chi connectivity index (χ0n) is 16.4. The number of nitrogens with zero attached hydrogens (tertiary/aromatic N) is 2. The lowest BCUT2D eigenvalue weighted by Gasteiger charge is -2.37. The summed E-state index contributed by atoms with van der Waals surface area (Å²) in [5.74, 6) is 0.887. The van der Waals surface area contributed by atoms with E-state index in [9.17, 15) is 5.11 Å². The van der Waals surface area contributed by atoms with Crippen LogP contribution >= 0.6 is 11.6 Å². The first-order chi connectivity index (χ1) is 12.9. The van der Waals surface area contributed by atoms with Gasteiger partial charge >= 0.3 is 0 Å². The average molecular weight is 389 g/mol. The Hall–Kier alpha value is -1.75. The number of para-hydroxylation sites is 1. The molecule has 1 aliphatic rings. The Morgan fingerprint density at radius 3 is 2.33 bits per heavy atom. The first kappa shape index (κ1) is 20.0. The Kier molecular flexibility index (Phi) is 6.64. The second kappa shape index (κ2) is 8.96. The zero-order chi connectivity index (χ0) is 19.4. The van der Waals surface area contributed by atoms with Crippen molar-refractivity contribution in [1.82, 2.24) is 4.90 Å². The molecule has 0 radical (unpaired) electrons. The molecule has 1 fully saturated rings. The van der Waals surface area contributed by atoms with Crippen LogP contribution in [0.25, 0.3) is 0 Å². The molecule has 1 N–H and O–H groups in total. The summed E-state index contributed by atoms with van der Waals surface area (Å²) in [6.45, 7) is 10.9. The van der Waals surface area contributed by atoms with Gasteiger partial charge in [0.15, 0.2) is 0 Å². The SMILES string of the molecule is Cc1ccc(Cl)cc1N1CCN(C[C@@H](O)COc2c(C)cccc2C)CC1. The minimum Gasteiger partial charge on any atom is -0.490 e. The first-order valence-electron chi connectivity index (χ1n) is 9.54. The van der Waals surface area contributed by atoms with Gasteiger partial charge in [0, 0.05) is 43.4 Å². The average Bonchev–Trinajstić information content (AvgIpc) is 2.64. The van der Waals surface area contributed by atoms with Crippen molar-refractivity contribution in [1.29, 1.82) is 0 Å². The van der Waals surface area contributed by atoms with Crippen LogP contribution in [0.4, 0.5) is 5.69 Å². The summed E-state index contributed by atoms with van der Waals surface area (Å²) in [5, 5.41) is 11.2. The molecule has 1 heterocycles. The number of ether oxygens (including phenoxy) is 1. The molecule has 0 saturated carbocycles. The third-order valence-corrected chi connectivity index (χ3v) is 5.42. The molecule has 146 valence electrons. The lowest BCUT2D eigenvalue weighted by Crippen LogP contribution is -2.49. The second-order valence-corrected chi connectivity index (χ2v) is 7.84. The highest BCUT2D eigenvalue weighted by Gasteiger charge is 2.21. The Morgan fingerprint density at radius 1 is 1.00 bits per heavy atom. The summed E-state index contributed by atoms with van der Waals surface area (Å²) in [6.07, 6.45) is -0.497. The molecule has 3 rings (SSSR count). The third kappa shape index (κ3) is 5.16. The van der Waals surface area contributed by atoms with E-state index >= 15 is 0 Å². The van der Waals surface area contributed by atoms with E-state index in [0.29, 0.717) is 13.2 Å². The maximum Gasteiger partial charge on any atom is 0.125 e. The van der Waals surface area contributed by atoms with Gasteiger partial charge in [-0.1, -0.05) is 35.9 Å².